The second-order valence-corrected chi connectivity index (χ2v) is 7.37. The third kappa shape index (κ3) is 6.71. The Morgan fingerprint density at radius 2 is 1.48 bits per heavy atom. The van der Waals surface area contributed by atoms with Crippen LogP contribution in [-0.4, -0.2) is 25.0 Å². The Hall–Kier alpha value is -3.60. The highest BCUT2D eigenvalue weighted by atomic mass is 16.5. The molecule has 1 atom stereocenters. The normalized spacial score (nSPS) is 11.4. The molecule has 0 aliphatic heterocycles. The van der Waals surface area contributed by atoms with E-state index >= 15 is 0 Å². The van der Waals surface area contributed by atoms with Crippen molar-refractivity contribution in [1.29, 1.82) is 0 Å². The molecule has 5 heteroatoms. The molecule has 0 spiro atoms. The van der Waals surface area contributed by atoms with E-state index < -0.39 is 6.04 Å². The molecule has 0 saturated heterocycles. The number of anilines is 1. The zero-order chi connectivity index (χ0) is 22.1. The minimum Gasteiger partial charge on any atom is -0.497 e. The average Bonchev–Trinajstić information content (AvgIpc) is 2.80. The van der Waals surface area contributed by atoms with Gasteiger partial charge in [0.2, 0.25) is 11.8 Å². The van der Waals surface area contributed by atoms with Crippen molar-refractivity contribution in [3.63, 3.8) is 0 Å². The second kappa shape index (κ2) is 11.0. The van der Waals surface area contributed by atoms with Crippen LogP contribution in [-0.2, 0) is 28.9 Å². The van der Waals surface area contributed by atoms with Gasteiger partial charge in [0.15, 0.2) is 0 Å². The molecule has 0 bridgehead atoms. The molecule has 160 valence electrons. The molecule has 0 aliphatic carbocycles. The summed E-state index contributed by atoms with van der Waals surface area (Å²) in [6.07, 6.45) is 1.54. The van der Waals surface area contributed by atoms with Crippen LogP contribution >= 0.6 is 0 Å². The fourth-order valence-corrected chi connectivity index (χ4v) is 3.29. The van der Waals surface area contributed by atoms with Gasteiger partial charge in [0.1, 0.15) is 11.8 Å². The molecular formula is C26H28N2O3. The van der Waals surface area contributed by atoms with Crippen molar-refractivity contribution in [2.45, 2.75) is 32.2 Å². The standard InChI is InChI=1S/C26H28N2O3/c1-3-19-9-13-22(14-10-19)27-26(30)24(17-20-7-5-4-6-8-20)28-25(29)18-21-11-15-23(31-2)16-12-21/h4-16,24H,3,17-18H2,1-2H3,(H,27,30)(H,28,29). The van der Waals surface area contributed by atoms with Crippen molar-refractivity contribution in [3.05, 3.63) is 95.6 Å². The van der Waals surface area contributed by atoms with Gasteiger partial charge in [0.25, 0.3) is 0 Å². The van der Waals surface area contributed by atoms with Crippen LogP contribution in [0.15, 0.2) is 78.9 Å². The van der Waals surface area contributed by atoms with Gasteiger partial charge in [0, 0.05) is 12.1 Å². The third-order valence-corrected chi connectivity index (χ3v) is 5.09. The number of hydrogen-bond donors (Lipinski definition) is 2. The van der Waals surface area contributed by atoms with Gasteiger partial charge in [-0.2, -0.15) is 0 Å². The lowest BCUT2D eigenvalue weighted by Crippen LogP contribution is -2.45. The van der Waals surface area contributed by atoms with Gasteiger partial charge in [-0.3, -0.25) is 9.59 Å². The number of amides is 2. The number of hydrogen-bond acceptors (Lipinski definition) is 3. The fourth-order valence-electron chi connectivity index (χ4n) is 3.29. The van der Waals surface area contributed by atoms with Gasteiger partial charge < -0.3 is 15.4 Å². The van der Waals surface area contributed by atoms with Gasteiger partial charge in [-0.05, 0) is 47.4 Å². The Morgan fingerprint density at radius 1 is 0.839 bits per heavy atom. The molecule has 0 aromatic heterocycles. The van der Waals surface area contributed by atoms with Crippen LogP contribution in [0.4, 0.5) is 5.69 Å². The minimum absolute atomic E-state index is 0.188. The number of aryl methyl sites for hydroxylation is 1. The highest BCUT2D eigenvalue weighted by molar-refractivity contribution is 5.97. The lowest BCUT2D eigenvalue weighted by Gasteiger charge is -2.19. The maximum absolute atomic E-state index is 13.0. The molecule has 1 unspecified atom stereocenters. The van der Waals surface area contributed by atoms with Crippen molar-refractivity contribution in [1.82, 2.24) is 5.32 Å². The second-order valence-electron chi connectivity index (χ2n) is 7.37. The molecule has 31 heavy (non-hydrogen) atoms. The van der Waals surface area contributed by atoms with E-state index in [1.807, 2.05) is 78.9 Å². The number of methoxy groups -OCH3 is 1. The molecule has 2 N–H and O–H groups in total. The van der Waals surface area contributed by atoms with E-state index in [-0.39, 0.29) is 18.2 Å². The van der Waals surface area contributed by atoms with E-state index in [0.29, 0.717) is 12.1 Å². The first-order chi connectivity index (χ1) is 15.1. The maximum atomic E-state index is 13.0. The lowest BCUT2D eigenvalue weighted by atomic mass is 10.0. The summed E-state index contributed by atoms with van der Waals surface area (Å²) < 4.78 is 5.15. The summed E-state index contributed by atoms with van der Waals surface area (Å²) in [5.41, 5.74) is 3.75. The highest BCUT2D eigenvalue weighted by Crippen LogP contribution is 2.14. The van der Waals surface area contributed by atoms with Crippen LogP contribution in [0.1, 0.15) is 23.6 Å². The van der Waals surface area contributed by atoms with E-state index in [1.54, 1.807) is 7.11 Å². The third-order valence-electron chi connectivity index (χ3n) is 5.09. The highest BCUT2D eigenvalue weighted by Gasteiger charge is 2.21. The Bertz CT molecular complexity index is 983. The van der Waals surface area contributed by atoms with Crippen molar-refractivity contribution >= 4 is 17.5 Å². The summed E-state index contributed by atoms with van der Waals surface area (Å²) in [4.78, 5) is 25.7. The number of rotatable bonds is 9. The van der Waals surface area contributed by atoms with Gasteiger partial charge >= 0.3 is 0 Å². The number of ether oxygens (including phenoxy) is 1. The molecule has 5 nitrogen and oxygen atoms in total. The summed E-state index contributed by atoms with van der Waals surface area (Å²) in [6.45, 7) is 2.09. The SMILES string of the molecule is CCc1ccc(NC(=O)C(Cc2ccccc2)NC(=O)Cc2ccc(OC)cc2)cc1. The lowest BCUT2D eigenvalue weighted by molar-refractivity contribution is -0.126. The molecular weight excluding hydrogens is 388 g/mol. The quantitative estimate of drug-likeness (QED) is 0.550. The first-order valence-electron chi connectivity index (χ1n) is 10.4. The summed E-state index contributed by atoms with van der Waals surface area (Å²) in [5.74, 6) is 0.290. The van der Waals surface area contributed by atoms with E-state index in [9.17, 15) is 9.59 Å². The van der Waals surface area contributed by atoms with Crippen molar-refractivity contribution in [2.24, 2.45) is 0 Å². The summed E-state index contributed by atoms with van der Waals surface area (Å²) in [5, 5.41) is 5.83. The smallest absolute Gasteiger partial charge is 0.247 e. The predicted octanol–water partition coefficient (Wildman–Crippen LogP) is 4.17. The van der Waals surface area contributed by atoms with Gasteiger partial charge in [-0.1, -0.05) is 61.5 Å². The molecule has 0 saturated carbocycles. The number of carbonyl (C=O) groups excluding carboxylic acids is 2. The van der Waals surface area contributed by atoms with Gasteiger partial charge in [-0.15, -0.1) is 0 Å². The largest absolute Gasteiger partial charge is 0.497 e. The molecule has 0 fully saturated rings. The van der Waals surface area contributed by atoms with Crippen LogP contribution in [0.25, 0.3) is 0 Å². The molecule has 3 aromatic carbocycles. The Morgan fingerprint density at radius 3 is 2.10 bits per heavy atom. The van der Waals surface area contributed by atoms with Crippen molar-refractivity contribution in [2.75, 3.05) is 12.4 Å². The molecule has 0 heterocycles. The van der Waals surface area contributed by atoms with Crippen molar-refractivity contribution < 1.29 is 14.3 Å². The Balaban J connectivity index is 1.69. The average molecular weight is 417 g/mol. The Kier molecular flexibility index (Phi) is 7.82. The topological polar surface area (TPSA) is 67.4 Å². The van der Waals surface area contributed by atoms with Crippen LogP contribution in [0.5, 0.6) is 5.75 Å². The monoisotopic (exact) mass is 416 g/mol. The van der Waals surface area contributed by atoms with Gasteiger partial charge in [0.05, 0.1) is 13.5 Å². The van der Waals surface area contributed by atoms with E-state index in [0.717, 1.165) is 23.3 Å². The zero-order valence-electron chi connectivity index (χ0n) is 17.9. The van der Waals surface area contributed by atoms with Crippen LogP contribution in [0.2, 0.25) is 0 Å². The van der Waals surface area contributed by atoms with Gasteiger partial charge in [-0.25, -0.2) is 0 Å². The zero-order valence-corrected chi connectivity index (χ0v) is 17.9. The molecule has 0 radical (unpaired) electrons. The van der Waals surface area contributed by atoms with E-state index in [2.05, 4.69) is 17.6 Å². The first kappa shape index (κ1) is 22.1. The van der Waals surface area contributed by atoms with E-state index in [1.165, 1.54) is 5.56 Å². The van der Waals surface area contributed by atoms with Crippen LogP contribution in [0.3, 0.4) is 0 Å². The Labute approximate surface area is 183 Å². The van der Waals surface area contributed by atoms with Crippen molar-refractivity contribution in [3.8, 4) is 5.75 Å². The predicted molar refractivity (Wildman–Crippen MR) is 123 cm³/mol. The number of benzene rings is 3. The summed E-state index contributed by atoms with van der Waals surface area (Å²) in [6, 6.07) is 24.1. The van der Waals surface area contributed by atoms with E-state index in [4.69, 9.17) is 4.74 Å². The van der Waals surface area contributed by atoms with Crippen LogP contribution < -0.4 is 15.4 Å². The number of carbonyl (C=O) groups is 2. The number of nitrogens with one attached hydrogen (secondary N) is 2. The first-order valence-corrected chi connectivity index (χ1v) is 10.4. The molecule has 0 aliphatic rings. The maximum Gasteiger partial charge on any atom is 0.247 e. The summed E-state index contributed by atoms with van der Waals surface area (Å²) >= 11 is 0. The van der Waals surface area contributed by atoms with Crippen LogP contribution in [0, 0.1) is 0 Å². The molecule has 3 rings (SSSR count). The molecule has 2 amide bonds. The summed E-state index contributed by atoms with van der Waals surface area (Å²) in [7, 11) is 1.60. The molecule has 3 aromatic rings. The fraction of sp³-hybridized carbons (Fsp3) is 0.231. The minimum atomic E-state index is -0.681.